The fraction of sp³-hybridized carbons (Fsp3) is 0.292. The second kappa shape index (κ2) is 9.32. The van der Waals surface area contributed by atoms with Gasteiger partial charge in [-0.15, -0.1) is 0 Å². The van der Waals surface area contributed by atoms with Gasteiger partial charge < -0.3 is 14.8 Å². The molecule has 1 saturated heterocycles. The van der Waals surface area contributed by atoms with Crippen molar-refractivity contribution in [3.63, 3.8) is 0 Å². The summed E-state index contributed by atoms with van der Waals surface area (Å²) in [5, 5.41) is 2.71. The number of aromatic nitrogens is 3. The maximum Gasteiger partial charge on any atom is 0.259 e. The predicted octanol–water partition coefficient (Wildman–Crippen LogP) is 3.24. The molecule has 1 N–H and O–H groups in total. The Morgan fingerprint density at radius 2 is 1.88 bits per heavy atom. The number of carbonyl (C=O) groups is 2. The summed E-state index contributed by atoms with van der Waals surface area (Å²) >= 11 is 0. The van der Waals surface area contributed by atoms with Crippen LogP contribution in [0.25, 0.3) is 0 Å². The normalized spacial score (nSPS) is 15.8. The molecule has 2 amide bonds. The number of nitrogens with zero attached hydrogens (tertiary/aromatic N) is 4. The van der Waals surface area contributed by atoms with Crippen molar-refractivity contribution in [1.29, 1.82) is 0 Å². The third-order valence-corrected chi connectivity index (χ3v) is 5.74. The zero-order chi connectivity index (χ0) is 23.5. The van der Waals surface area contributed by atoms with Crippen molar-refractivity contribution >= 4 is 17.5 Å². The molecule has 3 aromatic rings. The van der Waals surface area contributed by atoms with Crippen molar-refractivity contribution in [1.82, 2.24) is 19.4 Å². The Hall–Kier alpha value is -3.88. The number of benzene rings is 1. The van der Waals surface area contributed by atoms with Gasteiger partial charge in [0.15, 0.2) is 5.82 Å². The molecule has 9 heteroatoms. The lowest BCUT2D eigenvalue weighted by molar-refractivity contribution is 0.0598. The van der Waals surface area contributed by atoms with Crippen LogP contribution < -0.4 is 10.9 Å². The summed E-state index contributed by atoms with van der Waals surface area (Å²) < 4.78 is 14.5. The number of anilines is 1. The fourth-order valence-electron chi connectivity index (χ4n) is 3.93. The van der Waals surface area contributed by atoms with Gasteiger partial charge in [0.05, 0.1) is 22.9 Å². The molecule has 1 fully saturated rings. The highest BCUT2D eigenvalue weighted by Gasteiger charge is 2.31. The van der Waals surface area contributed by atoms with Crippen LogP contribution in [-0.2, 0) is 7.05 Å². The molecule has 4 rings (SSSR count). The Balaban J connectivity index is 1.56. The van der Waals surface area contributed by atoms with Crippen LogP contribution in [0, 0.1) is 12.7 Å². The number of hydrogen-bond acceptors (Lipinski definition) is 5. The molecule has 1 aliphatic heterocycles. The first kappa shape index (κ1) is 22.3. The standard InChI is InChI=1S/C24H24FN5O3/c1-15-19(23(32)28-18-9-7-17(25)8-10-18)13-26-22(27-15)20-5-3-4-12-30(20)24(33)16-6-11-21(31)29(2)14-16/h6-11,13-14,20H,3-5,12H2,1-2H3,(H,28,32)/t20-/m1/s1. The number of amides is 2. The molecule has 170 valence electrons. The van der Waals surface area contributed by atoms with Gasteiger partial charge in [0.25, 0.3) is 11.8 Å². The number of nitrogens with one attached hydrogen (secondary N) is 1. The van der Waals surface area contributed by atoms with Gasteiger partial charge in [0.2, 0.25) is 5.56 Å². The van der Waals surface area contributed by atoms with Gasteiger partial charge in [-0.2, -0.15) is 0 Å². The molecule has 0 unspecified atom stereocenters. The SMILES string of the molecule is Cc1nc([C@H]2CCCCN2C(=O)c2ccc(=O)n(C)c2)ncc1C(=O)Nc1ccc(F)cc1. The molecule has 0 aliphatic carbocycles. The van der Waals surface area contributed by atoms with Crippen molar-refractivity contribution in [3.8, 4) is 0 Å². The average molecular weight is 449 g/mol. The Kier molecular flexibility index (Phi) is 6.30. The first-order chi connectivity index (χ1) is 15.8. The van der Waals surface area contributed by atoms with Crippen molar-refractivity contribution in [2.45, 2.75) is 32.2 Å². The number of piperidine rings is 1. The highest BCUT2D eigenvalue weighted by Crippen LogP contribution is 2.30. The Morgan fingerprint density at radius 1 is 1.12 bits per heavy atom. The van der Waals surface area contributed by atoms with Crippen LogP contribution in [0.3, 0.4) is 0 Å². The maximum atomic E-state index is 13.2. The number of rotatable bonds is 4. The first-order valence-corrected chi connectivity index (χ1v) is 10.7. The molecule has 33 heavy (non-hydrogen) atoms. The summed E-state index contributed by atoms with van der Waals surface area (Å²) in [5.74, 6) is -0.494. The third-order valence-electron chi connectivity index (χ3n) is 5.74. The van der Waals surface area contributed by atoms with Crippen LogP contribution in [0.5, 0.6) is 0 Å². The highest BCUT2D eigenvalue weighted by molar-refractivity contribution is 6.04. The lowest BCUT2D eigenvalue weighted by Crippen LogP contribution is -2.39. The summed E-state index contributed by atoms with van der Waals surface area (Å²) in [7, 11) is 1.61. The van der Waals surface area contributed by atoms with E-state index >= 15 is 0 Å². The Bertz CT molecular complexity index is 1260. The van der Waals surface area contributed by atoms with E-state index in [1.165, 1.54) is 53.4 Å². The number of hydrogen-bond donors (Lipinski definition) is 1. The molecule has 8 nitrogen and oxygen atoms in total. The lowest BCUT2D eigenvalue weighted by atomic mass is 10.00. The average Bonchev–Trinajstić information content (AvgIpc) is 2.81. The third kappa shape index (κ3) is 4.82. The van der Waals surface area contributed by atoms with E-state index in [4.69, 9.17) is 0 Å². The van der Waals surface area contributed by atoms with Gasteiger partial charge in [-0.1, -0.05) is 0 Å². The highest BCUT2D eigenvalue weighted by atomic mass is 19.1. The summed E-state index contributed by atoms with van der Waals surface area (Å²) in [6.45, 7) is 2.27. The van der Waals surface area contributed by atoms with Crippen LogP contribution >= 0.6 is 0 Å². The van der Waals surface area contributed by atoms with E-state index in [-0.39, 0.29) is 23.3 Å². The fourth-order valence-corrected chi connectivity index (χ4v) is 3.93. The van der Waals surface area contributed by atoms with Crippen molar-refractivity contribution < 1.29 is 14.0 Å². The molecular formula is C24H24FN5O3. The zero-order valence-corrected chi connectivity index (χ0v) is 18.4. The molecule has 1 aliphatic rings. The summed E-state index contributed by atoms with van der Waals surface area (Å²) in [4.78, 5) is 48.2. The van der Waals surface area contributed by atoms with E-state index in [0.717, 1.165) is 12.8 Å². The van der Waals surface area contributed by atoms with Crippen LogP contribution in [0.1, 0.15) is 57.5 Å². The van der Waals surface area contributed by atoms with E-state index in [1.807, 2.05) is 0 Å². The minimum Gasteiger partial charge on any atom is -0.328 e. The second-order valence-corrected chi connectivity index (χ2v) is 8.07. The Morgan fingerprint density at radius 3 is 2.58 bits per heavy atom. The number of likely N-dealkylation sites (tertiary alicyclic amines) is 1. The van der Waals surface area contributed by atoms with Crippen molar-refractivity contribution in [3.05, 3.63) is 87.6 Å². The minimum atomic E-state index is -0.396. The second-order valence-electron chi connectivity index (χ2n) is 8.07. The van der Waals surface area contributed by atoms with Crippen LogP contribution in [-0.4, -0.2) is 37.8 Å². The van der Waals surface area contributed by atoms with Gasteiger partial charge in [-0.25, -0.2) is 14.4 Å². The van der Waals surface area contributed by atoms with Gasteiger partial charge in [-0.05, 0) is 56.5 Å². The molecule has 0 radical (unpaired) electrons. The molecule has 0 bridgehead atoms. The van der Waals surface area contributed by atoms with E-state index in [1.54, 1.807) is 18.9 Å². The molecular weight excluding hydrogens is 425 g/mol. The topological polar surface area (TPSA) is 97.2 Å². The van der Waals surface area contributed by atoms with Gasteiger partial charge in [0.1, 0.15) is 5.82 Å². The smallest absolute Gasteiger partial charge is 0.259 e. The number of aryl methyl sites for hydroxylation is 2. The number of halogens is 1. The van der Waals surface area contributed by atoms with E-state index in [9.17, 15) is 18.8 Å². The van der Waals surface area contributed by atoms with E-state index in [2.05, 4.69) is 15.3 Å². The summed E-state index contributed by atoms with van der Waals surface area (Å²) in [5.41, 5.74) is 1.49. The largest absolute Gasteiger partial charge is 0.328 e. The molecule has 0 saturated carbocycles. The molecule has 0 spiro atoms. The van der Waals surface area contributed by atoms with Gasteiger partial charge in [0, 0.05) is 37.7 Å². The molecule has 2 aromatic heterocycles. The lowest BCUT2D eigenvalue weighted by Gasteiger charge is -2.35. The van der Waals surface area contributed by atoms with Crippen molar-refractivity contribution in [2.24, 2.45) is 7.05 Å². The molecule has 3 heterocycles. The van der Waals surface area contributed by atoms with Gasteiger partial charge >= 0.3 is 0 Å². The van der Waals surface area contributed by atoms with Crippen LogP contribution in [0.15, 0.2) is 53.6 Å². The summed E-state index contributed by atoms with van der Waals surface area (Å²) in [6.07, 6.45) is 5.49. The monoisotopic (exact) mass is 449 g/mol. The van der Waals surface area contributed by atoms with E-state index in [0.29, 0.717) is 41.3 Å². The maximum absolute atomic E-state index is 13.2. The van der Waals surface area contributed by atoms with Crippen molar-refractivity contribution in [2.75, 3.05) is 11.9 Å². The number of carbonyl (C=O) groups excluding carboxylic acids is 2. The molecule has 1 atom stereocenters. The molecule has 1 aromatic carbocycles. The quantitative estimate of drug-likeness (QED) is 0.660. The van der Waals surface area contributed by atoms with Gasteiger partial charge in [-0.3, -0.25) is 14.4 Å². The first-order valence-electron chi connectivity index (χ1n) is 10.7. The van der Waals surface area contributed by atoms with Crippen LogP contribution in [0.4, 0.5) is 10.1 Å². The number of pyridine rings is 1. The summed E-state index contributed by atoms with van der Waals surface area (Å²) in [6, 6.07) is 8.07. The predicted molar refractivity (Wildman–Crippen MR) is 120 cm³/mol. The zero-order valence-electron chi connectivity index (χ0n) is 18.4. The van der Waals surface area contributed by atoms with Crippen LogP contribution in [0.2, 0.25) is 0 Å². The Labute approximate surface area is 190 Å². The van der Waals surface area contributed by atoms with E-state index < -0.39 is 5.91 Å². The minimum absolute atomic E-state index is 0.185.